The minimum Gasteiger partial charge on any atom is -0.493 e. The fourth-order valence-electron chi connectivity index (χ4n) is 3.23. The van der Waals surface area contributed by atoms with E-state index < -0.39 is 0 Å². The first kappa shape index (κ1) is 15.5. The van der Waals surface area contributed by atoms with E-state index in [0.717, 1.165) is 30.8 Å². The third kappa shape index (κ3) is 3.21. The first-order valence-electron chi connectivity index (χ1n) is 7.38. The number of hydrogen-bond donors (Lipinski definition) is 1. The highest BCUT2D eigenvalue weighted by Gasteiger charge is 2.22. The predicted molar refractivity (Wildman–Crippen MR) is 83.1 cm³/mol. The van der Waals surface area contributed by atoms with Crippen LogP contribution in [-0.4, -0.2) is 19.3 Å². The quantitative estimate of drug-likeness (QED) is 0.931. The molecule has 112 valence electrons. The third-order valence-corrected chi connectivity index (χ3v) is 4.35. The Morgan fingerprint density at radius 2 is 1.75 bits per heavy atom. The molecule has 1 saturated carbocycles. The minimum atomic E-state index is 0. The summed E-state index contributed by atoms with van der Waals surface area (Å²) >= 11 is 0. The van der Waals surface area contributed by atoms with Gasteiger partial charge < -0.3 is 15.2 Å². The molecule has 0 amide bonds. The minimum absolute atomic E-state index is 0. The van der Waals surface area contributed by atoms with E-state index in [4.69, 9.17) is 15.2 Å². The second-order valence-electron chi connectivity index (χ2n) is 5.80. The molecule has 0 bridgehead atoms. The smallest absolute Gasteiger partial charge is 0.161 e. The first-order chi connectivity index (χ1) is 9.26. The molecule has 20 heavy (non-hydrogen) atoms. The number of rotatable bonds is 3. The van der Waals surface area contributed by atoms with Gasteiger partial charge in [0.1, 0.15) is 0 Å². The van der Waals surface area contributed by atoms with Gasteiger partial charge in [0, 0.05) is 6.04 Å². The van der Waals surface area contributed by atoms with Gasteiger partial charge in [0.25, 0.3) is 0 Å². The Hall–Kier alpha value is -0.930. The van der Waals surface area contributed by atoms with Gasteiger partial charge in [-0.2, -0.15) is 0 Å². The van der Waals surface area contributed by atoms with Crippen molar-refractivity contribution in [2.45, 2.75) is 57.1 Å². The summed E-state index contributed by atoms with van der Waals surface area (Å²) in [4.78, 5) is 0. The Bertz CT molecular complexity index is 458. The second kappa shape index (κ2) is 6.68. The van der Waals surface area contributed by atoms with Gasteiger partial charge in [-0.3, -0.25) is 0 Å². The van der Waals surface area contributed by atoms with Crippen LogP contribution < -0.4 is 15.2 Å². The van der Waals surface area contributed by atoms with E-state index in [9.17, 15) is 0 Å². The van der Waals surface area contributed by atoms with Gasteiger partial charge in [-0.25, -0.2) is 0 Å². The largest absolute Gasteiger partial charge is 0.493 e. The highest BCUT2D eigenvalue weighted by molar-refractivity contribution is 5.85. The van der Waals surface area contributed by atoms with E-state index >= 15 is 0 Å². The lowest BCUT2D eigenvalue weighted by molar-refractivity contribution is 0.200. The SMILES string of the molecule is COc1cc2c(cc1OC1CCCC1)CC(N)CC2.Cl. The number of hydrogen-bond acceptors (Lipinski definition) is 3. The van der Waals surface area contributed by atoms with Gasteiger partial charge in [-0.05, 0) is 68.2 Å². The van der Waals surface area contributed by atoms with Crippen LogP contribution in [0, 0.1) is 0 Å². The number of benzene rings is 1. The summed E-state index contributed by atoms with van der Waals surface area (Å²) in [6.45, 7) is 0. The first-order valence-corrected chi connectivity index (χ1v) is 7.38. The molecule has 2 aliphatic carbocycles. The van der Waals surface area contributed by atoms with Crippen LogP contribution in [0.2, 0.25) is 0 Å². The topological polar surface area (TPSA) is 44.5 Å². The number of methoxy groups -OCH3 is 1. The molecule has 1 unspecified atom stereocenters. The molecule has 0 aliphatic heterocycles. The summed E-state index contributed by atoms with van der Waals surface area (Å²) in [5, 5.41) is 0. The van der Waals surface area contributed by atoms with Crippen molar-refractivity contribution in [3.63, 3.8) is 0 Å². The molecule has 1 aromatic rings. The van der Waals surface area contributed by atoms with Crippen molar-refractivity contribution in [1.29, 1.82) is 0 Å². The number of nitrogens with two attached hydrogens (primary N) is 1. The van der Waals surface area contributed by atoms with Crippen molar-refractivity contribution in [3.05, 3.63) is 23.3 Å². The summed E-state index contributed by atoms with van der Waals surface area (Å²) in [6.07, 6.45) is 8.34. The van der Waals surface area contributed by atoms with Crippen molar-refractivity contribution in [2.24, 2.45) is 5.73 Å². The van der Waals surface area contributed by atoms with E-state index in [1.54, 1.807) is 7.11 Å². The van der Waals surface area contributed by atoms with Gasteiger partial charge in [0.15, 0.2) is 11.5 Å². The van der Waals surface area contributed by atoms with Crippen molar-refractivity contribution in [1.82, 2.24) is 0 Å². The average Bonchev–Trinajstić information content (AvgIpc) is 2.91. The molecule has 0 radical (unpaired) electrons. The third-order valence-electron chi connectivity index (χ3n) is 4.35. The van der Waals surface area contributed by atoms with Crippen molar-refractivity contribution in [2.75, 3.05) is 7.11 Å². The molecule has 0 aromatic heterocycles. The van der Waals surface area contributed by atoms with Crippen LogP contribution in [0.5, 0.6) is 11.5 Å². The Balaban J connectivity index is 0.00000147. The number of halogens is 1. The molecule has 1 atom stereocenters. The van der Waals surface area contributed by atoms with Crippen LogP contribution in [0.1, 0.15) is 43.2 Å². The second-order valence-corrected chi connectivity index (χ2v) is 5.80. The number of ether oxygens (including phenoxy) is 2. The van der Waals surface area contributed by atoms with Crippen LogP contribution in [-0.2, 0) is 12.8 Å². The maximum absolute atomic E-state index is 6.13. The van der Waals surface area contributed by atoms with E-state index in [2.05, 4.69) is 12.1 Å². The summed E-state index contributed by atoms with van der Waals surface area (Å²) in [6, 6.07) is 4.59. The van der Waals surface area contributed by atoms with Crippen LogP contribution >= 0.6 is 12.4 Å². The van der Waals surface area contributed by atoms with Gasteiger partial charge in [0.05, 0.1) is 13.2 Å². The Morgan fingerprint density at radius 1 is 1.05 bits per heavy atom. The zero-order valence-corrected chi connectivity index (χ0v) is 12.9. The highest BCUT2D eigenvalue weighted by atomic mass is 35.5. The van der Waals surface area contributed by atoms with Gasteiger partial charge >= 0.3 is 0 Å². The lowest BCUT2D eigenvalue weighted by atomic mass is 9.88. The molecule has 0 spiro atoms. The van der Waals surface area contributed by atoms with Crippen LogP contribution in [0.15, 0.2) is 12.1 Å². The molecule has 0 heterocycles. The Labute approximate surface area is 127 Å². The molecule has 2 N–H and O–H groups in total. The molecular weight excluding hydrogens is 274 g/mol. The maximum Gasteiger partial charge on any atom is 0.161 e. The zero-order valence-electron chi connectivity index (χ0n) is 12.1. The number of fused-ring (bicyclic) bond motifs is 1. The van der Waals surface area contributed by atoms with Crippen molar-refractivity contribution >= 4 is 12.4 Å². The van der Waals surface area contributed by atoms with E-state index in [1.807, 2.05) is 0 Å². The van der Waals surface area contributed by atoms with Gasteiger partial charge in [-0.1, -0.05) is 0 Å². The van der Waals surface area contributed by atoms with Crippen LogP contribution in [0.4, 0.5) is 0 Å². The average molecular weight is 298 g/mol. The van der Waals surface area contributed by atoms with Gasteiger partial charge in [0.2, 0.25) is 0 Å². The summed E-state index contributed by atoms with van der Waals surface area (Å²) in [5.41, 5.74) is 8.77. The Morgan fingerprint density at radius 3 is 2.45 bits per heavy atom. The molecule has 1 aromatic carbocycles. The number of aryl methyl sites for hydroxylation is 1. The normalized spacial score (nSPS) is 22.0. The maximum atomic E-state index is 6.13. The monoisotopic (exact) mass is 297 g/mol. The fraction of sp³-hybridized carbons (Fsp3) is 0.625. The van der Waals surface area contributed by atoms with Crippen LogP contribution in [0.25, 0.3) is 0 Å². The highest BCUT2D eigenvalue weighted by Crippen LogP contribution is 2.36. The molecule has 3 rings (SSSR count). The summed E-state index contributed by atoms with van der Waals surface area (Å²) in [7, 11) is 1.72. The van der Waals surface area contributed by atoms with Crippen molar-refractivity contribution < 1.29 is 9.47 Å². The fourth-order valence-corrected chi connectivity index (χ4v) is 3.23. The van der Waals surface area contributed by atoms with Gasteiger partial charge in [-0.15, -0.1) is 12.4 Å². The molecule has 3 nitrogen and oxygen atoms in total. The van der Waals surface area contributed by atoms with E-state index in [1.165, 1.54) is 36.8 Å². The molecule has 2 aliphatic rings. The summed E-state index contributed by atoms with van der Waals surface area (Å²) in [5.74, 6) is 1.78. The van der Waals surface area contributed by atoms with E-state index in [-0.39, 0.29) is 12.4 Å². The zero-order chi connectivity index (χ0) is 13.2. The standard InChI is InChI=1S/C16H23NO2.ClH/c1-18-15-9-11-6-7-13(17)8-12(11)10-16(15)19-14-4-2-3-5-14;/h9-10,13-14H,2-8,17H2,1H3;1H. The molecular formula is C16H24ClNO2. The molecule has 1 fully saturated rings. The van der Waals surface area contributed by atoms with E-state index in [0.29, 0.717) is 12.1 Å². The Kier molecular flexibility index (Phi) is 5.17. The van der Waals surface area contributed by atoms with Crippen LogP contribution in [0.3, 0.4) is 0 Å². The lowest BCUT2D eigenvalue weighted by Gasteiger charge is -2.24. The molecule has 4 heteroatoms. The lowest BCUT2D eigenvalue weighted by Crippen LogP contribution is -2.28. The van der Waals surface area contributed by atoms with Crippen molar-refractivity contribution in [3.8, 4) is 11.5 Å². The molecule has 0 saturated heterocycles. The summed E-state index contributed by atoms with van der Waals surface area (Å²) < 4.78 is 11.6. The predicted octanol–water partition coefficient (Wildman–Crippen LogP) is 3.25.